The van der Waals surface area contributed by atoms with Gasteiger partial charge in [0.25, 0.3) is 5.91 Å². The Kier molecular flexibility index (Phi) is 14.2. The summed E-state index contributed by atoms with van der Waals surface area (Å²) in [5.41, 5.74) is 8.04. The van der Waals surface area contributed by atoms with Crippen LogP contribution in [-0.2, 0) is 14.4 Å². The van der Waals surface area contributed by atoms with Crippen LogP contribution in [0.25, 0.3) is 26.4 Å². The van der Waals surface area contributed by atoms with Crippen LogP contribution in [0.3, 0.4) is 0 Å². The minimum Gasteiger partial charge on any atom is -0.492 e. The van der Waals surface area contributed by atoms with Crippen LogP contribution in [0.1, 0.15) is 108 Å². The molecule has 16 nitrogen and oxygen atoms in total. The second-order valence-corrected chi connectivity index (χ2v) is 21.9. The van der Waals surface area contributed by atoms with E-state index in [1.165, 1.54) is 4.90 Å². The van der Waals surface area contributed by atoms with E-state index in [2.05, 4.69) is 45.0 Å². The van der Waals surface area contributed by atoms with Gasteiger partial charge < -0.3 is 35.1 Å². The van der Waals surface area contributed by atoms with Crippen molar-refractivity contribution < 1.29 is 33.4 Å². The number of hydrogen-bond acceptors (Lipinski definition) is 13. The second-order valence-electron chi connectivity index (χ2n) is 19.4. The largest absolute Gasteiger partial charge is 0.492 e. The molecular weight excluding hydrogens is 974 g/mol. The molecule has 1 fully saturated rings. The number of amides is 4. The molecule has 2 aliphatic rings. The van der Waals surface area contributed by atoms with Crippen molar-refractivity contribution in [2.24, 2.45) is 10.4 Å². The first-order valence-electron chi connectivity index (χ1n) is 23.7. The lowest BCUT2D eigenvalue weighted by atomic mass is 9.85. The van der Waals surface area contributed by atoms with Crippen molar-refractivity contribution in [2.75, 3.05) is 19.7 Å². The summed E-state index contributed by atoms with van der Waals surface area (Å²) < 4.78 is 14.0. The average molecular weight is 1030 g/mol. The molecule has 1 unspecified atom stereocenters. The SMILES string of the molecule is Cc1ncsc1-c1ccc([C@H](C)NC(=O)[C@@H]2C[C@@H](O)CN2C(=O)C(NC(=O)c2cc3cc(OCCNC(=O)C[C@@H]4N=C(c5ccc(Cl)cc5)c5c(sc(C)c5C)-n5c(C)nnc54)ccc3o2)C(C)(C)C)cc1. The first-order chi connectivity index (χ1) is 34.3. The highest BCUT2D eigenvalue weighted by atomic mass is 35.5. The fourth-order valence-corrected chi connectivity index (χ4v) is 11.3. The van der Waals surface area contributed by atoms with Crippen LogP contribution in [0.4, 0.5) is 0 Å². The summed E-state index contributed by atoms with van der Waals surface area (Å²) in [6.45, 7) is 15.6. The number of fused-ring (bicyclic) bond motifs is 4. The van der Waals surface area contributed by atoms with Gasteiger partial charge in [-0.15, -0.1) is 32.9 Å². The van der Waals surface area contributed by atoms with Crippen molar-refractivity contribution in [1.82, 2.24) is 40.6 Å². The number of aliphatic hydroxyl groups excluding tert-OH is 1. The quantitative estimate of drug-likeness (QED) is 0.0764. The number of rotatable bonds is 14. The Morgan fingerprint density at radius 2 is 1.69 bits per heavy atom. The number of benzene rings is 3. The van der Waals surface area contributed by atoms with E-state index < -0.39 is 47.4 Å². The zero-order valence-electron chi connectivity index (χ0n) is 41.2. The number of nitrogens with one attached hydrogen (secondary N) is 3. The number of β-amino-alcohol motifs (C(OH)–C–C–N with tert-alkyl or cyclic N) is 1. The second kappa shape index (κ2) is 20.4. The van der Waals surface area contributed by atoms with E-state index in [4.69, 9.17) is 25.7 Å². The number of aliphatic imine (C=N–C) groups is 1. The van der Waals surface area contributed by atoms with Gasteiger partial charge in [0.15, 0.2) is 11.6 Å². The van der Waals surface area contributed by atoms with E-state index >= 15 is 0 Å². The molecule has 4 N–H and O–H groups in total. The highest BCUT2D eigenvalue weighted by molar-refractivity contribution is 7.15. The maximum Gasteiger partial charge on any atom is 0.287 e. The van der Waals surface area contributed by atoms with Crippen molar-refractivity contribution in [2.45, 2.75) is 98.5 Å². The third kappa shape index (κ3) is 10.3. The predicted molar refractivity (Wildman–Crippen MR) is 278 cm³/mol. The zero-order valence-corrected chi connectivity index (χ0v) is 43.6. The van der Waals surface area contributed by atoms with Gasteiger partial charge in [0.2, 0.25) is 17.7 Å². The number of carbonyl (C=O) groups is 4. The summed E-state index contributed by atoms with van der Waals surface area (Å²) in [5.74, 6) is -0.00359. The molecule has 72 heavy (non-hydrogen) atoms. The number of aromatic nitrogens is 4. The number of ether oxygens (including phenoxy) is 1. The molecule has 7 aromatic rings. The fraction of sp³-hybridized carbons (Fsp3) is 0.358. The van der Waals surface area contributed by atoms with Gasteiger partial charge in [0.1, 0.15) is 46.9 Å². The van der Waals surface area contributed by atoms with E-state index in [0.717, 1.165) is 54.0 Å². The lowest BCUT2D eigenvalue weighted by Crippen LogP contribution is -2.57. The minimum absolute atomic E-state index is 0.0235. The molecule has 0 spiro atoms. The maximum absolute atomic E-state index is 14.4. The molecule has 4 aromatic heterocycles. The maximum atomic E-state index is 14.4. The molecule has 374 valence electrons. The van der Waals surface area contributed by atoms with Crippen LogP contribution in [0.5, 0.6) is 5.75 Å². The normalized spacial score (nSPS) is 17.4. The summed E-state index contributed by atoms with van der Waals surface area (Å²) in [6.07, 6.45) is -0.840. The Hall–Kier alpha value is -6.73. The molecular formula is C53H56ClN9O7S2. The minimum atomic E-state index is -1.07. The summed E-state index contributed by atoms with van der Waals surface area (Å²) in [4.78, 5) is 68.7. The van der Waals surface area contributed by atoms with Gasteiger partial charge in [-0.2, -0.15) is 0 Å². The molecule has 0 saturated carbocycles. The van der Waals surface area contributed by atoms with Crippen molar-refractivity contribution >= 4 is 74.6 Å². The van der Waals surface area contributed by atoms with Crippen LogP contribution in [0.15, 0.2) is 87.7 Å². The number of furan rings is 1. The van der Waals surface area contributed by atoms with Gasteiger partial charge in [-0.1, -0.05) is 68.8 Å². The number of aryl methyl sites for hydroxylation is 3. The molecule has 4 amide bonds. The standard InChI is InChI=1S/C53H56ClN9O7S2/c1-27-30(4)72-52-44(27)45(33-13-15-36(54)16-14-33)58-39(48-61-60-31(5)63(48)52)24-43(65)55-19-20-69-38-17-18-41-35(21-38)22-42(70-41)50(67)59-47(53(6,7)8)51(68)62-25-37(64)23-40(62)49(66)57-28(2)32-9-11-34(12-10-32)46-29(3)56-26-71-46/h9-18,21-22,26,28,37,39-40,47,64H,19-20,23-25H2,1-8H3,(H,55,65)(H,57,66)(H,59,67)/t28-,37+,39-,40-,47?/m0/s1. The van der Waals surface area contributed by atoms with Crippen LogP contribution < -0.4 is 20.7 Å². The summed E-state index contributed by atoms with van der Waals surface area (Å²) >= 11 is 9.47. The lowest BCUT2D eigenvalue weighted by molar-refractivity contribution is -0.142. The number of likely N-dealkylation sites (tertiary alicyclic amines) is 1. The monoisotopic (exact) mass is 1030 g/mol. The number of carbonyl (C=O) groups excluding carboxylic acids is 4. The summed E-state index contributed by atoms with van der Waals surface area (Å²) in [5, 5.41) is 30.7. The smallest absolute Gasteiger partial charge is 0.287 e. The van der Waals surface area contributed by atoms with Gasteiger partial charge in [0, 0.05) is 39.4 Å². The molecule has 1 saturated heterocycles. The number of thiazole rings is 1. The lowest BCUT2D eigenvalue weighted by Gasteiger charge is -2.35. The summed E-state index contributed by atoms with van der Waals surface area (Å²) in [6, 6.07) is 19.1. The zero-order chi connectivity index (χ0) is 51.2. The van der Waals surface area contributed by atoms with Crippen molar-refractivity contribution in [1.29, 1.82) is 0 Å². The third-order valence-corrected chi connectivity index (χ3v) is 15.6. The van der Waals surface area contributed by atoms with Crippen LogP contribution >= 0.6 is 34.3 Å². The van der Waals surface area contributed by atoms with Gasteiger partial charge in [-0.05, 0) is 93.1 Å². The number of nitrogens with zero attached hydrogens (tertiary/aromatic N) is 6. The van der Waals surface area contributed by atoms with E-state index in [1.54, 1.807) is 46.9 Å². The molecule has 0 aliphatic carbocycles. The van der Waals surface area contributed by atoms with Gasteiger partial charge in [-0.3, -0.25) is 28.7 Å². The number of hydrogen-bond donors (Lipinski definition) is 4. The molecule has 5 atom stereocenters. The Bertz CT molecular complexity index is 3220. The summed E-state index contributed by atoms with van der Waals surface area (Å²) in [7, 11) is 0. The highest BCUT2D eigenvalue weighted by Gasteiger charge is 2.45. The highest BCUT2D eigenvalue weighted by Crippen LogP contribution is 2.40. The molecule has 9 rings (SSSR count). The Labute approximate surface area is 429 Å². The Balaban J connectivity index is 0.815. The van der Waals surface area contributed by atoms with Crippen molar-refractivity contribution in [3.05, 3.63) is 134 Å². The van der Waals surface area contributed by atoms with Gasteiger partial charge >= 0.3 is 0 Å². The number of halogens is 1. The fourth-order valence-electron chi connectivity index (χ4n) is 9.18. The number of aliphatic hydroxyl groups is 1. The topological polar surface area (TPSA) is 206 Å². The molecule has 0 radical (unpaired) electrons. The third-order valence-electron chi connectivity index (χ3n) is 13.2. The molecule has 0 bridgehead atoms. The molecule has 2 aliphatic heterocycles. The van der Waals surface area contributed by atoms with E-state index in [-0.39, 0.29) is 50.2 Å². The Morgan fingerprint density at radius 1 is 0.958 bits per heavy atom. The Morgan fingerprint density at radius 3 is 2.40 bits per heavy atom. The van der Waals surface area contributed by atoms with Gasteiger partial charge in [-0.25, -0.2) is 4.98 Å². The van der Waals surface area contributed by atoms with E-state index in [1.807, 2.05) is 100 Å². The average Bonchev–Trinajstić information content (AvgIpc) is 4.18. The molecule has 3 aromatic carbocycles. The first kappa shape index (κ1) is 50.2. The van der Waals surface area contributed by atoms with Crippen molar-refractivity contribution in [3.8, 4) is 21.2 Å². The molecule has 19 heteroatoms. The van der Waals surface area contributed by atoms with Crippen LogP contribution in [0.2, 0.25) is 5.02 Å². The van der Waals surface area contributed by atoms with Crippen LogP contribution in [-0.4, -0.2) is 97.0 Å². The van der Waals surface area contributed by atoms with E-state index in [0.29, 0.717) is 33.4 Å². The number of thiophene rings is 1. The molecule has 6 heterocycles. The van der Waals surface area contributed by atoms with E-state index in [9.17, 15) is 24.3 Å². The predicted octanol–water partition coefficient (Wildman–Crippen LogP) is 8.55. The van der Waals surface area contributed by atoms with Crippen LogP contribution in [0, 0.1) is 33.1 Å². The van der Waals surface area contributed by atoms with Crippen molar-refractivity contribution in [3.63, 3.8) is 0 Å². The van der Waals surface area contributed by atoms with Gasteiger partial charge in [0.05, 0.1) is 46.9 Å². The first-order valence-corrected chi connectivity index (χ1v) is 25.8.